The van der Waals surface area contributed by atoms with Gasteiger partial charge in [-0.25, -0.2) is 0 Å². The molecule has 0 atom stereocenters. The topological polar surface area (TPSA) is 83.1 Å². The first kappa shape index (κ1) is 17.3. The highest BCUT2D eigenvalue weighted by Gasteiger charge is 2.04. The summed E-state index contributed by atoms with van der Waals surface area (Å²) in [5.74, 6) is 0.875. The van der Waals surface area contributed by atoms with Crippen molar-refractivity contribution in [2.24, 2.45) is 10.9 Å². The lowest BCUT2D eigenvalue weighted by Crippen LogP contribution is -2.10. The number of amides is 1. The molecule has 0 aromatic heterocycles. The Bertz CT molecular complexity index is 711. The number of carbonyl (C=O) groups excluding carboxylic acids is 1. The van der Waals surface area contributed by atoms with Gasteiger partial charge in [0.2, 0.25) is 5.91 Å². The Hall–Kier alpha value is -3.02. The van der Waals surface area contributed by atoms with Gasteiger partial charge in [-0.2, -0.15) is 0 Å². The number of primary amides is 1. The molecule has 0 aliphatic carbocycles. The predicted molar refractivity (Wildman–Crippen MR) is 91.5 cm³/mol. The molecule has 0 saturated carbocycles. The van der Waals surface area contributed by atoms with Crippen LogP contribution in [0.25, 0.3) is 0 Å². The number of carbonyl (C=O) groups is 1. The van der Waals surface area contributed by atoms with Crippen molar-refractivity contribution in [1.29, 1.82) is 0 Å². The van der Waals surface area contributed by atoms with Crippen LogP contribution in [0.5, 0.6) is 11.5 Å². The number of ether oxygens (including phenoxy) is 2. The molecule has 2 N–H and O–H groups in total. The number of benzene rings is 2. The molecule has 0 saturated heterocycles. The quantitative estimate of drug-likeness (QED) is 0.596. The van der Waals surface area contributed by atoms with Gasteiger partial charge in [-0.15, -0.1) is 0 Å². The van der Waals surface area contributed by atoms with E-state index >= 15 is 0 Å². The smallest absolute Gasteiger partial charge is 0.248 e. The number of nitrogens with zero attached hydrogens (tertiary/aromatic N) is 1. The Morgan fingerprint density at radius 3 is 2.54 bits per heavy atom. The number of nitrogens with two attached hydrogens (primary N) is 1. The van der Waals surface area contributed by atoms with Crippen LogP contribution < -0.4 is 15.2 Å². The molecule has 0 aliphatic rings. The van der Waals surface area contributed by atoms with Gasteiger partial charge in [0.25, 0.3) is 0 Å². The summed E-state index contributed by atoms with van der Waals surface area (Å²) in [6.07, 6.45) is 1.59. The average molecular weight is 328 g/mol. The van der Waals surface area contributed by atoms with Crippen molar-refractivity contribution >= 4 is 12.1 Å². The number of oxime groups is 1. The Morgan fingerprint density at radius 2 is 1.92 bits per heavy atom. The molecule has 126 valence electrons. The van der Waals surface area contributed by atoms with Crippen molar-refractivity contribution in [3.63, 3.8) is 0 Å². The normalized spacial score (nSPS) is 10.6. The van der Waals surface area contributed by atoms with Gasteiger partial charge < -0.3 is 20.0 Å². The fraction of sp³-hybridized carbons (Fsp3) is 0.222. The Kier molecular flexibility index (Phi) is 6.19. The van der Waals surface area contributed by atoms with Crippen LogP contribution in [0.2, 0.25) is 0 Å². The zero-order valence-electron chi connectivity index (χ0n) is 13.7. The van der Waals surface area contributed by atoms with E-state index in [4.69, 9.17) is 20.0 Å². The minimum absolute atomic E-state index is 0.295. The van der Waals surface area contributed by atoms with Gasteiger partial charge in [0.15, 0.2) is 11.5 Å². The summed E-state index contributed by atoms with van der Waals surface area (Å²) in [6, 6.07) is 12.4. The lowest BCUT2D eigenvalue weighted by atomic mass is 10.1. The third kappa shape index (κ3) is 4.74. The van der Waals surface area contributed by atoms with Gasteiger partial charge in [-0.05, 0) is 42.8 Å². The largest absolute Gasteiger partial charge is 0.493 e. The fourth-order valence-electron chi connectivity index (χ4n) is 2.01. The van der Waals surface area contributed by atoms with E-state index < -0.39 is 5.91 Å². The van der Waals surface area contributed by atoms with Crippen molar-refractivity contribution in [3.8, 4) is 11.5 Å². The second kappa shape index (κ2) is 8.57. The fourth-order valence-corrected chi connectivity index (χ4v) is 2.01. The summed E-state index contributed by atoms with van der Waals surface area (Å²) in [5.41, 5.74) is 7.37. The second-order valence-electron chi connectivity index (χ2n) is 4.91. The van der Waals surface area contributed by atoms with Crippen molar-refractivity contribution in [2.75, 3.05) is 13.7 Å². The standard InChI is InChI=1S/C18H20N2O4/c1-3-23-16-9-6-14(10-17(16)22-2)11-20-24-12-13-4-7-15(8-5-13)18(19)21/h4-11H,3,12H2,1-2H3,(H2,19,21)/b20-11+. The van der Waals surface area contributed by atoms with Crippen molar-refractivity contribution in [2.45, 2.75) is 13.5 Å². The van der Waals surface area contributed by atoms with E-state index in [2.05, 4.69) is 5.16 Å². The number of rotatable bonds is 8. The van der Waals surface area contributed by atoms with Gasteiger partial charge >= 0.3 is 0 Å². The van der Waals surface area contributed by atoms with Gasteiger partial charge in [0.05, 0.1) is 19.9 Å². The van der Waals surface area contributed by atoms with E-state index in [0.717, 1.165) is 11.1 Å². The summed E-state index contributed by atoms with van der Waals surface area (Å²) in [5, 5.41) is 3.93. The average Bonchev–Trinajstić information content (AvgIpc) is 2.60. The molecule has 1 amide bonds. The minimum Gasteiger partial charge on any atom is -0.493 e. The monoisotopic (exact) mass is 328 g/mol. The van der Waals surface area contributed by atoms with Gasteiger partial charge in [-0.3, -0.25) is 4.79 Å². The van der Waals surface area contributed by atoms with Crippen molar-refractivity contribution in [1.82, 2.24) is 0 Å². The number of hydrogen-bond donors (Lipinski definition) is 1. The summed E-state index contributed by atoms with van der Waals surface area (Å²) in [4.78, 5) is 16.3. The van der Waals surface area contributed by atoms with E-state index in [1.54, 1.807) is 37.6 Å². The number of hydrogen-bond acceptors (Lipinski definition) is 5. The molecule has 2 rings (SSSR count). The maximum atomic E-state index is 11.0. The van der Waals surface area contributed by atoms with E-state index in [1.165, 1.54) is 0 Å². The molecule has 2 aromatic carbocycles. The molecule has 2 aromatic rings. The Morgan fingerprint density at radius 1 is 1.17 bits per heavy atom. The molecule has 6 heteroatoms. The van der Waals surface area contributed by atoms with E-state index in [9.17, 15) is 4.79 Å². The van der Waals surface area contributed by atoms with E-state index in [-0.39, 0.29) is 0 Å². The van der Waals surface area contributed by atoms with Gasteiger partial charge in [-0.1, -0.05) is 17.3 Å². The third-order valence-corrected chi connectivity index (χ3v) is 3.23. The summed E-state index contributed by atoms with van der Waals surface area (Å²) < 4.78 is 10.7. The lowest BCUT2D eigenvalue weighted by molar-refractivity contribution is 0.1000. The van der Waals surface area contributed by atoms with Crippen molar-refractivity contribution in [3.05, 3.63) is 59.2 Å². The summed E-state index contributed by atoms with van der Waals surface area (Å²) >= 11 is 0. The predicted octanol–water partition coefficient (Wildman–Crippen LogP) is 2.74. The Balaban J connectivity index is 1.92. The second-order valence-corrected chi connectivity index (χ2v) is 4.91. The first-order valence-corrected chi connectivity index (χ1v) is 7.49. The molecule has 0 fully saturated rings. The molecule has 0 radical (unpaired) electrons. The van der Waals surface area contributed by atoms with Crippen LogP contribution in [-0.2, 0) is 11.4 Å². The van der Waals surface area contributed by atoms with E-state index in [0.29, 0.717) is 30.3 Å². The molecule has 0 bridgehead atoms. The molecule has 0 spiro atoms. The zero-order valence-corrected chi connectivity index (χ0v) is 13.7. The molecule has 6 nitrogen and oxygen atoms in total. The molecule has 0 unspecified atom stereocenters. The summed E-state index contributed by atoms with van der Waals surface area (Å²) in [7, 11) is 1.59. The zero-order chi connectivity index (χ0) is 17.4. The molecular weight excluding hydrogens is 308 g/mol. The molecule has 0 heterocycles. The summed E-state index contributed by atoms with van der Waals surface area (Å²) in [6.45, 7) is 2.78. The lowest BCUT2D eigenvalue weighted by Gasteiger charge is -2.09. The first-order valence-electron chi connectivity index (χ1n) is 7.49. The molecule has 24 heavy (non-hydrogen) atoms. The van der Waals surface area contributed by atoms with Gasteiger partial charge in [0.1, 0.15) is 6.61 Å². The maximum Gasteiger partial charge on any atom is 0.248 e. The van der Waals surface area contributed by atoms with E-state index in [1.807, 2.05) is 25.1 Å². The highest BCUT2D eigenvalue weighted by atomic mass is 16.6. The first-order chi connectivity index (χ1) is 11.6. The van der Waals surface area contributed by atoms with Crippen LogP contribution in [0, 0.1) is 0 Å². The van der Waals surface area contributed by atoms with Crippen LogP contribution in [0.4, 0.5) is 0 Å². The van der Waals surface area contributed by atoms with Crippen LogP contribution in [0.1, 0.15) is 28.4 Å². The minimum atomic E-state index is -0.454. The van der Waals surface area contributed by atoms with Crippen LogP contribution in [0.3, 0.4) is 0 Å². The molecular formula is C18H20N2O4. The highest BCUT2D eigenvalue weighted by Crippen LogP contribution is 2.27. The number of methoxy groups -OCH3 is 1. The van der Waals surface area contributed by atoms with Crippen molar-refractivity contribution < 1.29 is 19.1 Å². The Labute approximate surface area is 140 Å². The van der Waals surface area contributed by atoms with Gasteiger partial charge in [0, 0.05) is 11.1 Å². The highest BCUT2D eigenvalue weighted by molar-refractivity contribution is 5.92. The van der Waals surface area contributed by atoms with Crippen LogP contribution >= 0.6 is 0 Å². The van der Waals surface area contributed by atoms with Crippen LogP contribution in [0.15, 0.2) is 47.6 Å². The SMILES string of the molecule is CCOc1ccc(/C=N/OCc2ccc(C(N)=O)cc2)cc1OC. The maximum absolute atomic E-state index is 11.0. The molecule has 0 aliphatic heterocycles. The van der Waals surface area contributed by atoms with Crippen LogP contribution in [-0.4, -0.2) is 25.8 Å². The third-order valence-electron chi connectivity index (χ3n) is 3.23.